The molecule has 14 heavy (non-hydrogen) atoms. The van der Waals surface area contributed by atoms with Gasteiger partial charge in [-0.1, -0.05) is 48.6 Å². The molecule has 1 aliphatic carbocycles. The van der Waals surface area contributed by atoms with E-state index >= 15 is 0 Å². The summed E-state index contributed by atoms with van der Waals surface area (Å²) in [5.41, 5.74) is 1.86. The van der Waals surface area contributed by atoms with E-state index in [2.05, 4.69) is 0 Å². The Morgan fingerprint density at radius 1 is 1.07 bits per heavy atom. The fourth-order valence-corrected chi connectivity index (χ4v) is 1.49. The summed E-state index contributed by atoms with van der Waals surface area (Å²) in [5.74, 6) is 0. The van der Waals surface area contributed by atoms with Gasteiger partial charge in [-0.3, -0.25) is 0 Å². The zero-order valence-corrected chi connectivity index (χ0v) is 8.10. The predicted molar refractivity (Wildman–Crippen MR) is 58.7 cm³/mol. The van der Waals surface area contributed by atoms with Crippen molar-refractivity contribution in [3.8, 4) is 0 Å². The lowest BCUT2D eigenvalue weighted by Gasteiger charge is -2.10. The molecule has 0 atom stereocenters. The van der Waals surface area contributed by atoms with Crippen LogP contribution in [0.3, 0.4) is 0 Å². The number of aldehydes is 1. The number of hydrogen-bond donors (Lipinski definition) is 0. The molecule has 0 bridgehead atoms. The van der Waals surface area contributed by atoms with Gasteiger partial charge in [-0.15, -0.1) is 0 Å². The van der Waals surface area contributed by atoms with E-state index in [0.29, 0.717) is 0 Å². The number of rotatable bonds is 1. The molecular formula is C13H12O. The summed E-state index contributed by atoms with van der Waals surface area (Å²) < 4.78 is 0. The van der Waals surface area contributed by atoms with Crippen molar-refractivity contribution in [2.24, 2.45) is 5.41 Å². The highest BCUT2D eigenvalue weighted by Gasteiger charge is 2.17. The van der Waals surface area contributed by atoms with Crippen molar-refractivity contribution in [2.75, 3.05) is 0 Å². The van der Waals surface area contributed by atoms with Crippen molar-refractivity contribution in [2.45, 2.75) is 6.92 Å². The molecule has 2 rings (SSSR count). The lowest BCUT2D eigenvalue weighted by Crippen LogP contribution is -2.09. The van der Waals surface area contributed by atoms with Gasteiger partial charge in [0.25, 0.3) is 0 Å². The second-order valence-electron chi connectivity index (χ2n) is 3.78. The molecule has 1 aromatic carbocycles. The number of carbonyl (C=O) groups excluding carboxylic acids is 1. The van der Waals surface area contributed by atoms with Gasteiger partial charge in [-0.05, 0) is 18.1 Å². The predicted octanol–water partition coefficient (Wildman–Crippen LogP) is 2.93. The van der Waals surface area contributed by atoms with Crippen LogP contribution in [-0.2, 0) is 4.79 Å². The number of fused-ring (bicyclic) bond motifs is 1. The Balaban J connectivity index is 2.52. The van der Waals surface area contributed by atoms with Crippen LogP contribution in [0.15, 0.2) is 36.4 Å². The minimum Gasteiger partial charge on any atom is -0.302 e. The minimum atomic E-state index is -0.459. The summed E-state index contributed by atoms with van der Waals surface area (Å²) in [7, 11) is 0. The van der Waals surface area contributed by atoms with E-state index in [9.17, 15) is 4.79 Å². The van der Waals surface area contributed by atoms with Crippen molar-refractivity contribution in [3.63, 3.8) is 0 Å². The first-order chi connectivity index (χ1) is 6.73. The van der Waals surface area contributed by atoms with Gasteiger partial charge >= 0.3 is 0 Å². The quantitative estimate of drug-likeness (QED) is 0.613. The molecule has 70 valence electrons. The van der Waals surface area contributed by atoms with E-state index in [1.165, 1.54) is 0 Å². The second-order valence-corrected chi connectivity index (χ2v) is 3.78. The molecule has 0 saturated heterocycles. The normalized spacial score (nSPS) is 17.2. The Morgan fingerprint density at radius 3 is 2.00 bits per heavy atom. The van der Waals surface area contributed by atoms with Crippen molar-refractivity contribution in [3.05, 3.63) is 47.5 Å². The smallest absolute Gasteiger partial charge is 0.133 e. The van der Waals surface area contributed by atoms with E-state index in [1.807, 2.05) is 55.5 Å². The van der Waals surface area contributed by atoms with E-state index in [-0.39, 0.29) is 0 Å². The summed E-state index contributed by atoms with van der Waals surface area (Å²) in [6.07, 6.45) is 8.84. The van der Waals surface area contributed by atoms with Crippen LogP contribution in [0.5, 0.6) is 0 Å². The maximum Gasteiger partial charge on any atom is 0.133 e. The van der Waals surface area contributed by atoms with Crippen molar-refractivity contribution >= 4 is 18.4 Å². The fraction of sp³-hybridized carbons (Fsp3) is 0.154. The maximum absolute atomic E-state index is 10.9. The van der Waals surface area contributed by atoms with Crippen LogP contribution in [0.1, 0.15) is 18.1 Å². The summed E-state index contributed by atoms with van der Waals surface area (Å²) in [6, 6.07) is 8.10. The molecule has 0 aliphatic heterocycles. The first-order valence-electron chi connectivity index (χ1n) is 4.67. The fourth-order valence-electron chi connectivity index (χ4n) is 1.49. The van der Waals surface area contributed by atoms with E-state index in [4.69, 9.17) is 0 Å². The Kier molecular flexibility index (Phi) is 2.08. The van der Waals surface area contributed by atoms with E-state index < -0.39 is 5.41 Å². The third-order valence-corrected chi connectivity index (χ3v) is 2.49. The van der Waals surface area contributed by atoms with Crippen LogP contribution in [0.4, 0.5) is 0 Å². The monoisotopic (exact) mass is 184 g/mol. The van der Waals surface area contributed by atoms with Crippen LogP contribution in [-0.4, -0.2) is 6.29 Å². The van der Waals surface area contributed by atoms with Gasteiger partial charge < -0.3 is 4.79 Å². The molecule has 0 radical (unpaired) electrons. The highest BCUT2D eigenvalue weighted by atomic mass is 16.1. The van der Waals surface area contributed by atoms with Gasteiger partial charge in [0, 0.05) is 0 Å². The topological polar surface area (TPSA) is 17.1 Å². The summed E-state index contributed by atoms with van der Waals surface area (Å²) >= 11 is 0. The van der Waals surface area contributed by atoms with Gasteiger partial charge in [-0.25, -0.2) is 0 Å². The average Bonchev–Trinajstić information content (AvgIpc) is 2.40. The zero-order valence-electron chi connectivity index (χ0n) is 8.10. The third kappa shape index (κ3) is 1.53. The SMILES string of the molecule is CC1(C=O)C=Cc2ccccc2C=C1. The molecule has 1 aliphatic rings. The van der Waals surface area contributed by atoms with Gasteiger partial charge in [0.15, 0.2) is 0 Å². The summed E-state index contributed by atoms with van der Waals surface area (Å²) in [5, 5.41) is 0. The van der Waals surface area contributed by atoms with Crippen molar-refractivity contribution < 1.29 is 4.79 Å². The summed E-state index contributed by atoms with van der Waals surface area (Å²) in [6.45, 7) is 1.90. The molecule has 1 nitrogen and oxygen atoms in total. The molecule has 0 spiro atoms. The Morgan fingerprint density at radius 2 is 1.57 bits per heavy atom. The van der Waals surface area contributed by atoms with Crippen molar-refractivity contribution in [1.82, 2.24) is 0 Å². The number of hydrogen-bond acceptors (Lipinski definition) is 1. The van der Waals surface area contributed by atoms with Gasteiger partial charge in [0.2, 0.25) is 0 Å². The zero-order chi connectivity index (χ0) is 10.0. The van der Waals surface area contributed by atoms with Crippen LogP contribution < -0.4 is 0 Å². The van der Waals surface area contributed by atoms with Crippen LogP contribution in [0.25, 0.3) is 12.2 Å². The number of allylic oxidation sites excluding steroid dienone is 2. The summed E-state index contributed by atoms with van der Waals surface area (Å²) in [4.78, 5) is 10.9. The first kappa shape index (κ1) is 8.95. The second kappa shape index (κ2) is 3.26. The molecule has 0 unspecified atom stereocenters. The standard InChI is InChI=1S/C13H12O/c1-13(10-14)8-6-11-4-2-3-5-12(11)7-9-13/h2-10H,1H3. The first-order valence-corrected chi connectivity index (χ1v) is 4.67. The van der Waals surface area contributed by atoms with E-state index in [0.717, 1.165) is 17.4 Å². The Labute approximate surface area is 83.8 Å². The molecule has 1 aromatic rings. The minimum absolute atomic E-state index is 0.459. The van der Waals surface area contributed by atoms with E-state index in [1.54, 1.807) is 0 Å². The van der Waals surface area contributed by atoms with Crippen molar-refractivity contribution in [1.29, 1.82) is 0 Å². The van der Waals surface area contributed by atoms with Gasteiger partial charge in [-0.2, -0.15) is 0 Å². The molecule has 0 amide bonds. The molecule has 0 saturated carbocycles. The number of carbonyl (C=O) groups is 1. The molecule has 0 fully saturated rings. The number of benzene rings is 1. The Hall–Kier alpha value is -1.63. The molecule has 0 aromatic heterocycles. The highest BCUT2D eigenvalue weighted by molar-refractivity contribution is 5.77. The molecule has 0 heterocycles. The van der Waals surface area contributed by atoms with Crippen LogP contribution in [0, 0.1) is 5.41 Å². The Bertz CT molecular complexity index is 380. The lowest BCUT2D eigenvalue weighted by atomic mass is 9.92. The maximum atomic E-state index is 10.9. The highest BCUT2D eigenvalue weighted by Crippen LogP contribution is 2.26. The van der Waals surface area contributed by atoms with Crippen LogP contribution >= 0.6 is 0 Å². The average molecular weight is 184 g/mol. The third-order valence-electron chi connectivity index (χ3n) is 2.49. The lowest BCUT2D eigenvalue weighted by molar-refractivity contribution is -0.111. The van der Waals surface area contributed by atoms with Crippen LogP contribution in [0.2, 0.25) is 0 Å². The molecule has 0 N–H and O–H groups in total. The van der Waals surface area contributed by atoms with Gasteiger partial charge in [0.05, 0.1) is 5.41 Å². The largest absolute Gasteiger partial charge is 0.302 e. The molecular weight excluding hydrogens is 172 g/mol. The van der Waals surface area contributed by atoms with Gasteiger partial charge in [0.1, 0.15) is 6.29 Å². The molecule has 1 heteroatoms.